The summed E-state index contributed by atoms with van der Waals surface area (Å²) in [5, 5.41) is 13.4. The molecule has 5 N–H and O–H groups in total. The number of hydrogen-bond donors (Lipinski definition) is 4. The molecule has 8 nitrogen and oxygen atoms in total. The molecule has 0 spiro atoms. The van der Waals surface area contributed by atoms with E-state index in [1.165, 1.54) is 24.5 Å². The van der Waals surface area contributed by atoms with Gasteiger partial charge in [-0.25, -0.2) is 13.4 Å². The Morgan fingerprint density at radius 2 is 1.53 bits per heavy atom. The predicted molar refractivity (Wildman–Crippen MR) is 140 cm³/mol. The van der Waals surface area contributed by atoms with Crippen LogP contribution in [0.5, 0.6) is 0 Å². The highest BCUT2D eigenvalue weighted by molar-refractivity contribution is 7.90. The molecule has 1 amide bonds. The number of benzene rings is 2. The largest absolute Gasteiger partial charge is 0.370 e. The highest BCUT2D eigenvalue weighted by atomic mass is 35.5. The number of nitrogens with two attached hydrogens (primary N) is 1. The number of amides is 1. The summed E-state index contributed by atoms with van der Waals surface area (Å²) in [6.07, 6.45) is 4.18. The molecule has 11 heteroatoms. The number of thiazole rings is 1. The average molecular weight is 522 g/mol. The van der Waals surface area contributed by atoms with Crippen LogP contribution in [0.25, 0.3) is 0 Å². The number of hydrogen-bond acceptors (Lipinski definition) is 6. The molecule has 0 saturated carbocycles. The third-order valence-electron chi connectivity index (χ3n) is 4.94. The van der Waals surface area contributed by atoms with Gasteiger partial charge in [0.2, 0.25) is 5.91 Å². The van der Waals surface area contributed by atoms with Crippen LogP contribution >= 0.6 is 23.7 Å². The van der Waals surface area contributed by atoms with E-state index in [0.717, 1.165) is 53.1 Å². The van der Waals surface area contributed by atoms with Crippen LogP contribution in [-0.4, -0.2) is 31.5 Å². The number of rotatable bonds is 9. The molecule has 0 aliphatic heterocycles. The molecule has 0 saturated heterocycles. The number of halogens is 1. The Morgan fingerprint density at radius 3 is 2.06 bits per heavy atom. The number of carbonyl (C=O) groups excluding carboxylic acids is 1. The zero-order valence-electron chi connectivity index (χ0n) is 18.9. The van der Waals surface area contributed by atoms with Gasteiger partial charge in [0.15, 0.2) is 20.9 Å². The minimum absolute atomic E-state index is 0. The van der Waals surface area contributed by atoms with Gasteiger partial charge < -0.3 is 16.4 Å². The van der Waals surface area contributed by atoms with E-state index >= 15 is 0 Å². The van der Waals surface area contributed by atoms with Crippen LogP contribution in [0.3, 0.4) is 0 Å². The quantitative estimate of drug-likeness (QED) is 0.249. The highest BCUT2D eigenvalue weighted by Crippen LogP contribution is 2.26. The predicted octanol–water partition coefficient (Wildman–Crippen LogP) is 3.80. The topological polar surface area (TPSA) is 138 Å². The summed E-state index contributed by atoms with van der Waals surface area (Å²) < 4.78 is 23.3. The fourth-order valence-electron chi connectivity index (χ4n) is 3.31. The van der Waals surface area contributed by atoms with Crippen LogP contribution in [0.15, 0.2) is 53.4 Å². The van der Waals surface area contributed by atoms with Gasteiger partial charge in [0, 0.05) is 23.7 Å². The van der Waals surface area contributed by atoms with Gasteiger partial charge in [-0.15, -0.1) is 23.7 Å². The second-order valence-electron chi connectivity index (χ2n) is 7.72. The standard InChI is InChI=1S/C23H27N5O3S2.ClH/c1-15(29)26-23-28-20(13-7-16-3-9-18(10-4-16)27-22(24)25)21(32-23)14-8-17-5-11-19(12-6-17)33(2,30)31;/h3-6,9-12H,7-8,13-14H2,1-2H3,(H4,24,25,27)(H,26,28,29);1H. The molecule has 0 radical (unpaired) electrons. The number of aromatic nitrogens is 1. The minimum Gasteiger partial charge on any atom is -0.370 e. The first-order valence-electron chi connectivity index (χ1n) is 10.4. The first kappa shape index (κ1) is 27.3. The molecule has 0 fully saturated rings. The Balaban J connectivity index is 0.00000408. The fraction of sp³-hybridized carbons (Fsp3) is 0.261. The lowest BCUT2D eigenvalue weighted by molar-refractivity contribution is -0.114. The molecule has 182 valence electrons. The maximum atomic E-state index is 11.7. The number of sulfone groups is 1. The molecule has 3 aromatic rings. The van der Waals surface area contributed by atoms with Gasteiger partial charge in [-0.05, 0) is 61.1 Å². The van der Waals surface area contributed by atoms with Crippen LogP contribution in [0.2, 0.25) is 0 Å². The Kier molecular flexibility index (Phi) is 9.60. The van der Waals surface area contributed by atoms with Crippen molar-refractivity contribution in [3.05, 3.63) is 70.2 Å². The molecule has 34 heavy (non-hydrogen) atoms. The van der Waals surface area contributed by atoms with Crippen molar-refractivity contribution in [3.63, 3.8) is 0 Å². The molecule has 2 aromatic carbocycles. The van der Waals surface area contributed by atoms with Crippen LogP contribution in [0.1, 0.15) is 28.6 Å². The first-order valence-corrected chi connectivity index (χ1v) is 13.1. The molecule has 0 bridgehead atoms. The summed E-state index contributed by atoms with van der Waals surface area (Å²) in [7, 11) is -3.21. The van der Waals surface area contributed by atoms with Gasteiger partial charge in [0.1, 0.15) is 0 Å². The molecular formula is C23H28ClN5O3S2. The molecule has 0 atom stereocenters. The monoisotopic (exact) mass is 521 g/mol. The van der Waals surface area contributed by atoms with Crippen LogP contribution in [0, 0.1) is 5.41 Å². The van der Waals surface area contributed by atoms with Crippen molar-refractivity contribution in [3.8, 4) is 0 Å². The van der Waals surface area contributed by atoms with Gasteiger partial charge in [-0.1, -0.05) is 24.3 Å². The molecule has 0 unspecified atom stereocenters. The second-order valence-corrected chi connectivity index (χ2v) is 10.8. The molecular weight excluding hydrogens is 494 g/mol. The van der Waals surface area contributed by atoms with E-state index in [1.54, 1.807) is 12.1 Å². The lowest BCUT2D eigenvalue weighted by Gasteiger charge is -2.06. The number of nitrogens with one attached hydrogen (secondary N) is 3. The van der Waals surface area contributed by atoms with Gasteiger partial charge in [-0.2, -0.15) is 0 Å². The minimum atomic E-state index is -3.21. The summed E-state index contributed by atoms with van der Waals surface area (Å²) in [6.45, 7) is 1.46. The van der Waals surface area contributed by atoms with Crippen molar-refractivity contribution < 1.29 is 13.2 Å². The summed E-state index contributed by atoms with van der Waals surface area (Å²) in [5.74, 6) is -0.266. The number of guanidine groups is 1. The maximum Gasteiger partial charge on any atom is 0.223 e. The number of aryl methyl sites for hydroxylation is 4. The van der Waals surface area contributed by atoms with Gasteiger partial charge in [0.25, 0.3) is 0 Å². The van der Waals surface area contributed by atoms with E-state index in [1.807, 2.05) is 36.4 Å². The summed E-state index contributed by atoms with van der Waals surface area (Å²) in [4.78, 5) is 17.5. The zero-order valence-corrected chi connectivity index (χ0v) is 21.4. The zero-order chi connectivity index (χ0) is 24.0. The fourth-order valence-corrected chi connectivity index (χ4v) is 5.00. The number of nitrogens with zero attached hydrogens (tertiary/aromatic N) is 1. The van der Waals surface area contributed by atoms with Crippen molar-refractivity contribution >= 4 is 56.3 Å². The molecule has 1 aromatic heterocycles. The molecule has 0 aliphatic rings. The molecule has 0 aliphatic carbocycles. The molecule has 1 heterocycles. The highest BCUT2D eigenvalue weighted by Gasteiger charge is 2.13. The van der Waals surface area contributed by atoms with Crippen molar-refractivity contribution in [1.82, 2.24) is 4.98 Å². The normalized spacial score (nSPS) is 10.9. The van der Waals surface area contributed by atoms with Crippen LogP contribution in [0.4, 0.5) is 10.8 Å². The Bertz CT molecular complexity index is 1240. The maximum absolute atomic E-state index is 11.7. The van der Waals surface area contributed by atoms with Crippen molar-refractivity contribution in [2.24, 2.45) is 5.73 Å². The summed E-state index contributed by atoms with van der Waals surface area (Å²) in [5.41, 5.74) is 9.23. The number of carbonyl (C=O) groups is 1. The third kappa shape index (κ3) is 8.12. The van der Waals surface area contributed by atoms with E-state index < -0.39 is 9.84 Å². The van der Waals surface area contributed by atoms with E-state index in [9.17, 15) is 13.2 Å². The van der Waals surface area contributed by atoms with Crippen LogP contribution < -0.4 is 16.4 Å². The van der Waals surface area contributed by atoms with Crippen molar-refractivity contribution in [1.29, 1.82) is 5.41 Å². The molecule has 3 rings (SSSR count). The smallest absolute Gasteiger partial charge is 0.223 e. The lowest BCUT2D eigenvalue weighted by atomic mass is 10.0. The second kappa shape index (κ2) is 12.0. The third-order valence-corrected chi connectivity index (χ3v) is 7.14. The van der Waals surface area contributed by atoms with Gasteiger partial charge >= 0.3 is 0 Å². The summed E-state index contributed by atoms with van der Waals surface area (Å²) >= 11 is 1.47. The van der Waals surface area contributed by atoms with E-state index in [2.05, 4.69) is 15.6 Å². The number of anilines is 2. The van der Waals surface area contributed by atoms with E-state index in [-0.39, 0.29) is 24.3 Å². The first-order chi connectivity index (χ1) is 15.6. The SMILES string of the molecule is CC(=O)Nc1nc(CCc2ccc(NC(=N)N)cc2)c(CCc2ccc(S(C)(=O)=O)cc2)s1.Cl. The Labute approximate surface area is 209 Å². The van der Waals surface area contributed by atoms with Crippen molar-refractivity contribution in [2.75, 3.05) is 16.9 Å². The summed E-state index contributed by atoms with van der Waals surface area (Å²) in [6, 6.07) is 14.6. The van der Waals surface area contributed by atoms with E-state index in [0.29, 0.717) is 10.0 Å². The van der Waals surface area contributed by atoms with Crippen LogP contribution in [-0.2, 0) is 40.3 Å². The van der Waals surface area contributed by atoms with Gasteiger partial charge in [0.05, 0.1) is 10.6 Å². The Hall–Kier alpha value is -2.95. The Morgan fingerprint density at radius 1 is 0.971 bits per heavy atom. The average Bonchev–Trinajstić information content (AvgIpc) is 3.11. The lowest BCUT2D eigenvalue weighted by Crippen LogP contribution is -2.20. The van der Waals surface area contributed by atoms with Crippen molar-refractivity contribution in [2.45, 2.75) is 37.5 Å². The van der Waals surface area contributed by atoms with E-state index in [4.69, 9.17) is 11.1 Å². The van der Waals surface area contributed by atoms with Gasteiger partial charge in [-0.3, -0.25) is 10.2 Å².